The number of hydrogen-bond acceptors (Lipinski definition) is 12. The number of allylic oxidation sites excluding steroid dienone is 1. The number of nitrogens with two attached hydrogens (primary N) is 1. The number of carbonyl (C=O) groups is 4. The maximum absolute atomic E-state index is 14.2. The summed E-state index contributed by atoms with van der Waals surface area (Å²) in [6.45, 7) is -0.0383. The molecule has 0 unspecified atom stereocenters. The Morgan fingerprint density at radius 3 is 2.17 bits per heavy atom. The van der Waals surface area contributed by atoms with E-state index < -0.39 is 52.0 Å². The number of ether oxygens (including phenoxy) is 1. The van der Waals surface area contributed by atoms with Crippen LogP contribution in [0.15, 0.2) is 149 Å². The third-order valence-corrected chi connectivity index (χ3v) is 10.8. The molecular formula is C42H33N7O9S. The largest absolute Gasteiger partial charge is 0.489 e. The van der Waals surface area contributed by atoms with E-state index >= 15 is 0 Å². The molecular weight excluding hydrogens is 779 g/mol. The number of benzene rings is 4. The second-order valence-electron chi connectivity index (χ2n) is 13.6. The quantitative estimate of drug-likeness (QED) is 0.0391. The Morgan fingerprint density at radius 2 is 1.61 bits per heavy atom. The number of nitrogens with one attached hydrogen (secondary N) is 1. The summed E-state index contributed by atoms with van der Waals surface area (Å²) in [6, 6.07) is 31.5. The number of non-ortho nitro benzene ring substituents is 1. The van der Waals surface area contributed by atoms with Crippen LogP contribution in [0.1, 0.15) is 28.8 Å². The molecule has 17 heteroatoms. The lowest BCUT2D eigenvalue weighted by Gasteiger charge is -2.49. The van der Waals surface area contributed by atoms with Gasteiger partial charge in [-0.3, -0.25) is 29.4 Å². The van der Waals surface area contributed by atoms with Gasteiger partial charge in [0.05, 0.1) is 10.6 Å². The Balaban J connectivity index is 1.08. The molecule has 1 aromatic heterocycles. The number of carboxylic acid groups (broad SMARTS) is 1. The number of amides is 3. The maximum atomic E-state index is 14.2. The highest BCUT2D eigenvalue weighted by molar-refractivity contribution is 7.13. The summed E-state index contributed by atoms with van der Waals surface area (Å²) in [5.41, 5.74) is 6.33. The Bertz CT molecular complexity index is 2480. The number of fused-ring (bicyclic) bond motifs is 1. The Labute approximate surface area is 339 Å². The average molecular weight is 812 g/mol. The number of β-lactam (4-membered cyclic amide) rings is 1. The molecule has 8 rings (SSSR count). The lowest BCUT2D eigenvalue weighted by atomic mass is 9.80. The van der Waals surface area contributed by atoms with E-state index in [2.05, 4.69) is 15.5 Å². The maximum Gasteiger partial charge on any atom is 0.356 e. The van der Waals surface area contributed by atoms with Gasteiger partial charge in [0.1, 0.15) is 24.4 Å². The monoisotopic (exact) mass is 811 g/mol. The number of oxime groups is 1. The minimum absolute atomic E-state index is 0.0806. The second-order valence-corrected chi connectivity index (χ2v) is 14.5. The van der Waals surface area contributed by atoms with Gasteiger partial charge in [0, 0.05) is 46.3 Å². The van der Waals surface area contributed by atoms with Gasteiger partial charge in [0.2, 0.25) is 5.60 Å². The summed E-state index contributed by atoms with van der Waals surface area (Å²) < 4.78 is 5.87. The molecule has 296 valence electrons. The summed E-state index contributed by atoms with van der Waals surface area (Å²) >= 11 is 1.07. The number of thiazole rings is 1. The third-order valence-electron chi connectivity index (χ3n) is 10.2. The van der Waals surface area contributed by atoms with Crippen molar-refractivity contribution in [2.45, 2.75) is 24.1 Å². The van der Waals surface area contributed by atoms with Crippen molar-refractivity contribution < 1.29 is 38.8 Å². The molecule has 0 aliphatic carbocycles. The number of carbonyl (C=O) groups excluding carboxylic acids is 3. The van der Waals surface area contributed by atoms with Crippen molar-refractivity contribution in [2.24, 2.45) is 5.16 Å². The molecule has 5 aromatic rings. The fourth-order valence-electron chi connectivity index (χ4n) is 7.36. The number of hydrogen-bond donors (Lipinski definition) is 3. The van der Waals surface area contributed by atoms with Crippen LogP contribution in [-0.2, 0) is 34.4 Å². The van der Waals surface area contributed by atoms with Crippen LogP contribution in [0.4, 0.5) is 16.5 Å². The van der Waals surface area contributed by atoms with Crippen LogP contribution >= 0.6 is 11.3 Å². The van der Waals surface area contributed by atoms with Gasteiger partial charge in [-0.25, -0.2) is 9.78 Å². The first-order valence-electron chi connectivity index (χ1n) is 18.2. The SMILES string of the molecule is Nc1nc(C(=NOC(c2ccccc2)(c2ccccc2)c2ccccc2)C(=O)N[C@@H]2C(=O)N3C(C(=O)O)=C(C=C4CCN(c5cccc([N+](=O)[O-])c5)C4=O)OC[C@H]23)cs1. The molecule has 59 heavy (non-hydrogen) atoms. The predicted octanol–water partition coefficient (Wildman–Crippen LogP) is 4.73. The van der Waals surface area contributed by atoms with Crippen LogP contribution in [0.25, 0.3) is 0 Å². The lowest BCUT2D eigenvalue weighted by molar-refractivity contribution is -0.384. The zero-order valence-corrected chi connectivity index (χ0v) is 31.7. The number of aromatic nitrogens is 1. The average Bonchev–Trinajstić information content (AvgIpc) is 3.86. The summed E-state index contributed by atoms with van der Waals surface area (Å²) in [6.07, 6.45) is 1.45. The number of aliphatic carboxylic acids is 1. The standard InChI is InChI=1S/C42H33N7O9S/c43-41-44-31(24-59-41)34(46-58-42(26-11-4-1-5-12-26,27-13-6-2-7-14-27)28-15-8-3-9-16-28)37(50)45-35-32-23-57-33(36(40(53)54)48(32)39(35)52)21-25-19-20-47(38(25)51)29-17-10-18-30(22-29)49(55)56/h1-18,21-22,24,32,35H,19-20,23H2,(H2,43,44)(H,45,50)(H,53,54)/t32-,35+/m1/s1. The van der Waals surface area contributed by atoms with Crippen LogP contribution < -0.4 is 16.0 Å². The van der Waals surface area contributed by atoms with Crippen LogP contribution in [0.2, 0.25) is 0 Å². The molecule has 16 nitrogen and oxygen atoms in total. The first-order chi connectivity index (χ1) is 28.6. The van der Waals surface area contributed by atoms with Crippen LogP contribution in [0.5, 0.6) is 0 Å². The van der Waals surface area contributed by atoms with E-state index in [1.54, 1.807) is 6.07 Å². The molecule has 0 bridgehead atoms. The van der Waals surface area contributed by atoms with Gasteiger partial charge in [-0.05, 0) is 18.6 Å². The van der Waals surface area contributed by atoms with Gasteiger partial charge in [0.25, 0.3) is 23.4 Å². The number of nitro benzene ring substituents is 1. The van der Waals surface area contributed by atoms with Gasteiger partial charge in [-0.2, -0.15) is 0 Å². The highest BCUT2D eigenvalue weighted by Crippen LogP contribution is 2.41. The van der Waals surface area contributed by atoms with E-state index in [-0.39, 0.29) is 53.1 Å². The van der Waals surface area contributed by atoms with E-state index in [1.807, 2.05) is 91.0 Å². The Morgan fingerprint density at radius 1 is 0.983 bits per heavy atom. The van der Waals surface area contributed by atoms with Crippen molar-refractivity contribution in [3.63, 3.8) is 0 Å². The van der Waals surface area contributed by atoms with Crippen molar-refractivity contribution in [1.29, 1.82) is 0 Å². The fourth-order valence-corrected chi connectivity index (χ4v) is 7.91. The highest BCUT2D eigenvalue weighted by atomic mass is 32.1. The first-order valence-corrected chi connectivity index (χ1v) is 19.1. The van der Waals surface area contributed by atoms with Crippen molar-refractivity contribution >= 4 is 57.2 Å². The van der Waals surface area contributed by atoms with E-state index in [1.165, 1.54) is 34.6 Å². The van der Waals surface area contributed by atoms with Crippen molar-refractivity contribution in [3.05, 3.63) is 176 Å². The normalized spacial score (nSPS) is 18.6. The molecule has 4 heterocycles. The highest BCUT2D eigenvalue weighted by Gasteiger charge is 2.55. The van der Waals surface area contributed by atoms with Gasteiger partial charge in [0.15, 0.2) is 22.3 Å². The Kier molecular flexibility index (Phi) is 10.2. The molecule has 2 saturated heterocycles. The van der Waals surface area contributed by atoms with Gasteiger partial charge < -0.3 is 30.6 Å². The van der Waals surface area contributed by atoms with E-state index in [0.717, 1.165) is 16.2 Å². The molecule has 0 spiro atoms. The molecule has 0 saturated carbocycles. The summed E-state index contributed by atoms with van der Waals surface area (Å²) in [7, 11) is 0. The predicted molar refractivity (Wildman–Crippen MR) is 215 cm³/mol. The Hall–Kier alpha value is -7.66. The van der Waals surface area contributed by atoms with Gasteiger partial charge in [-0.1, -0.05) is 102 Å². The zero-order chi connectivity index (χ0) is 41.3. The molecule has 4 aromatic carbocycles. The minimum atomic E-state index is -1.49. The number of nitrogens with zero attached hydrogens (tertiary/aromatic N) is 5. The summed E-state index contributed by atoms with van der Waals surface area (Å²) in [5, 5.41) is 30.4. The second kappa shape index (κ2) is 15.7. The summed E-state index contributed by atoms with van der Waals surface area (Å²) in [4.78, 5) is 77.9. The number of nitrogen functional groups attached to an aromatic ring is 1. The van der Waals surface area contributed by atoms with E-state index in [9.17, 15) is 34.4 Å². The lowest BCUT2D eigenvalue weighted by Crippen LogP contribution is -2.73. The van der Waals surface area contributed by atoms with Crippen LogP contribution in [0, 0.1) is 10.1 Å². The van der Waals surface area contributed by atoms with Crippen LogP contribution in [-0.4, -0.2) is 74.6 Å². The topological polar surface area (TPSA) is 220 Å². The molecule has 3 amide bonds. The van der Waals surface area contributed by atoms with Crippen molar-refractivity contribution in [1.82, 2.24) is 15.2 Å². The number of rotatable bonds is 12. The van der Waals surface area contributed by atoms with Gasteiger partial charge >= 0.3 is 5.97 Å². The number of carboxylic acids is 1. The number of anilines is 2. The molecule has 4 N–H and O–H groups in total. The molecule has 3 aliphatic heterocycles. The van der Waals surface area contributed by atoms with Crippen LogP contribution in [0.3, 0.4) is 0 Å². The minimum Gasteiger partial charge on any atom is -0.489 e. The third kappa shape index (κ3) is 7.03. The van der Waals surface area contributed by atoms with Gasteiger partial charge in [-0.15, -0.1) is 11.3 Å². The molecule has 3 aliphatic rings. The van der Waals surface area contributed by atoms with E-state index in [0.29, 0.717) is 22.4 Å². The number of nitro groups is 1. The van der Waals surface area contributed by atoms with E-state index in [4.69, 9.17) is 15.3 Å². The molecule has 2 fully saturated rings. The van der Waals surface area contributed by atoms with Crippen molar-refractivity contribution in [3.8, 4) is 0 Å². The molecule has 0 radical (unpaired) electrons. The summed E-state index contributed by atoms with van der Waals surface area (Å²) in [5.74, 6) is -3.79. The smallest absolute Gasteiger partial charge is 0.356 e. The first kappa shape index (κ1) is 38.2. The van der Waals surface area contributed by atoms with Crippen molar-refractivity contribution in [2.75, 3.05) is 23.8 Å². The molecule has 2 atom stereocenters. The fraction of sp³-hybridized carbons (Fsp3) is 0.143. The zero-order valence-electron chi connectivity index (χ0n) is 30.8.